The molecule has 2 rings (SSSR count). The second-order valence-corrected chi connectivity index (χ2v) is 3.80. The van der Waals surface area contributed by atoms with Gasteiger partial charge in [0.2, 0.25) is 0 Å². The normalized spacial score (nSPS) is 13.4. The Hall–Kier alpha value is -1.35. The largest absolute Gasteiger partial charge is 0.328 e. The van der Waals surface area contributed by atoms with Gasteiger partial charge in [0.25, 0.3) is 0 Å². The molecule has 2 aromatic rings. The van der Waals surface area contributed by atoms with Gasteiger partial charge in [-0.05, 0) is 25.0 Å². The summed E-state index contributed by atoms with van der Waals surface area (Å²) in [5.74, 6) is 0. The van der Waals surface area contributed by atoms with E-state index in [1.165, 1.54) is 16.5 Å². The molecular formula is C11H15N3. The fourth-order valence-electron chi connectivity index (χ4n) is 1.76. The Balaban J connectivity index is 2.54. The molecule has 1 heterocycles. The second kappa shape index (κ2) is 3.42. The van der Waals surface area contributed by atoms with E-state index in [1.807, 2.05) is 24.9 Å². The number of aryl methyl sites for hydroxylation is 1. The van der Waals surface area contributed by atoms with Crippen molar-refractivity contribution < 1.29 is 0 Å². The number of aromatic nitrogens is 2. The van der Waals surface area contributed by atoms with E-state index in [-0.39, 0.29) is 6.04 Å². The molecule has 3 nitrogen and oxygen atoms in total. The molecule has 74 valence electrons. The van der Waals surface area contributed by atoms with Crippen LogP contribution in [0.2, 0.25) is 0 Å². The summed E-state index contributed by atoms with van der Waals surface area (Å²) in [5, 5.41) is 5.45. The first-order chi connectivity index (χ1) is 6.68. The van der Waals surface area contributed by atoms with Crippen molar-refractivity contribution in [2.75, 3.05) is 0 Å². The molecule has 0 aliphatic carbocycles. The molecule has 14 heavy (non-hydrogen) atoms. The van der Waals surface area contributed by atoms with Crippen molar-refractivity contribution >= 4 is 10.9 Å². The summed E-state index contributed by atoms with van der Waals surface area (Å²) in [6.07, 6.45) is 2.82. The van der Waals surface area contributed by atoms with Crippen LogP contribution in [0.25, 0.3) is 10.9 Å². The van der Waals surface area contributed by atoms with Gasteiger partial charge in [-0.2, -0.15) is 5.10 Å². The van der Waals surface area contributed by atoms with Gasteiger partial charge in [0, 0.05) is 18.5 Å². The molecule has 2 N–H and O–H groups in total. The van der Waals surface area contributed by atoms with Crippen molar-refractivity contribution in [1.29, 1.82) is 0 Å². The third-order valence-corrected chi connectivity index (χ3v) is 2.42. The zero-order valence-corrected chi connectivity index (χ0v) is 8.57. The summed E-state index contributed by atoms with van der Waals surface area (Å²) in [4.78, 5) is 0. The van der Waals surface area contributed by atoms with Crippen LogP contribution in [-0.4, -0.2) is 15.8 Å². The highest BCUT2D eigenvalue weighted by atomic mass is 15.2. The van der Waals surface area contributed by atoms with E-state index in [0.717, 1.165) is 6.42 Å². The van der Waals surface area contributed by atoms with Gasteiger partial charge in [-0.15, -0.1) is 0 Å². The number of hydrogen-bond donors (Lipinski definition) is 1. The number of nitrogens with zero attached hydrogens (tertiary/aromatic N) is 2. The maximum atomic E-state index is 5.80. The maximum Gasteiger partial charge on any atom is 0.0681 e. The highest BCUT2D eigenvalue weighted by Gasteiger charge is 2.05. The summed E-state index contributed by atoms with van der Waals surface area (Å²) in [6.45, 7) is 2.02. The topological polar surface area (TPSA) is 43.8 Å². The summed E-state index contributed by atoms with van der Waals surface area (Å²) in [5.41, 5.74) is 8.25. The SMILES string of the molecule is CC(N)Cc1cccc2c1cnn2C. The molecule has 0 spiro atoms. The zero-order valence-electron chi connectivity index (χ0n) is 8.57. The lowest BCUT2D eigenvalue weighted by molar-refractivity contribution is 0.741. The smallest absolute Gasteiger partial charge is 0.0681 e. The Morgan fingerprint density at radius 1 is 1.50 bits per heavy atom. The summed E-state index contributed by atoms with van der Waals surface area (Å²) in [6, 6.07) is 6.45. The highest BCUT2D eigenvalue weighted by Crippen LogP contribution is 2.18. The molecule has 1 aromatic carbocycles. The fraction of sp³-hybridized carbons (Fsp3) is 0.364. The van der Waals surface area contributed by atoms with Gasteiger partial charge in [0.1, 0.15) is 0 Å². The van der Waals surface area contributed by atoms with Crippen LogP contribution in [0, 0.1) is 0 Å². The summed E-state index contributed by atoms with van der Waals surface area (Å²) >= 11 is 0. The Labute approximate surface area is 83.5 Å². The van der Waals surface area contributed by atoms with Gasteiger partial charge in [-0.3, -0.25) is 4.68 Å². The van der Waals surface area contributed by atoms with Gasteiger partial charge in [-0.25, -0.2) is 0 Å². The first-order valence-electron chi connectivity index (χ1n) is 4.83. The third-order valence-electron chi connectivity index (χ3n) is 2.42. The van der Waals surface area contributed by atoms with Gasteiger partial charge in [0.05, 0.1) is 11.7 Å². The zero-order chi connectivity index (χ0) is 10.1. The third kappa shape index (κ3) is 1.51. The number of fused-ring (bicyclic) bond motifs is 1. The van der Waals surface area contributed by atoms with Gasteiger partial charge < -0.3 is 5.73 Å². The minimum atomic E-state index is 0.195. The van der Waals surface area contributed by atoms with E-state index >= 15 is 0 Å². The first-order valence-corrected chi connectivity index (χ1v) is 4.83. The van der Waals surface area contributed by atoms with Crippen LogP contribution in [0.15, 0.2) is 24.4 Å². The Morgan fingerprint density at radius 3 is 3.00 bits per heavy atom. The van der Waals surface area contributed by atoms with Crippen LogP contribution in [0.4, 0.5) is 0 Å². The van der Waals surface area contributed by atoms with E-state index in [4.69, 9.17) is 5.73 Å². The van der Waals surface area contributed by atoms with Gasteiger partial charge >= 0.3 is 0 Å². The lowest BCUT2D eigenvalue weighted by Gasteiger charge is -2.06. The average molecular weight is 189 g/mol. The van der Waals surface area contributed by atoms with E-state index in [9.17, 15) is 0 Å². The molecule has 3 heteroatoms. The van der Waals surface area contributed by atoms with E-state index in [0.29, 0.717) is 0 Å². The molecule has 0 fully saturated rings. The van der Waals surface area contributed by atoms with E-state index in [2.05, 4.69) is 23.3 Å². The van der Waals surface area contributed by atoms with Crippen molar-refractivity contribution in [2.45, 2.75) is 19.4 Å². The summed E-state index contributed by atoms with van der Waals surface area (Å²) in [7, 11) is 1.96. The summed E-state index contributed by atoms with van der Waals surface area (Å²) < 4.78 is 1.89. The molecular weight excluding hydrogens is 174 g/mol. The molecule has 0 saturated heterocycles. The van der Waals surface area contributed by atoms with Crippen LogP contribution in [0.1, 0.15) is 12.5 Å². The first kappa shape index (κ1) is 9.21. The lowest BCUT2D eigenvalue weighted by atomic mass is 10.0. The molecule has 1 aromatic heterocycles. The number of benzene rings is 1. The van der Waals surface area contributed by atoms with Crippen molar-refractivity contribution in [2.24, 2.45) is 12.8 Å². The molecule has 0 radical (unpaired) electrons. The minimum absolute atomic E-state index is 0.195. The van der Waals surface area contributed by atoms with Crippen molar-refractivity contribution in [3.8, 4) is 0 Å². The van der Waals surface area contributed by atoms with Crippen molar-refractivity contribution in [3.05, 3.63) is 30.0 Å². The molecule has 0 bridgehead atoms. The number of hydrogen-bond acceptors (Lipinski definition) is 2. The quantitative estimate of drug-likeness (QED) is 0.777. The Morgan fingerprint density at radius 2 is 2.29 bits per heavy atom. The van der Waals surface area contributed by atoms with Crippen molar-refractivity contribution in [3.63, 3.8) is 0 Å². The van der Waals surface area contributed by atoms with Crippen LogP contribution in [0.3, 0.4) is 0 Å². The van der Waals surface area contributed by atoms with Crippen LogP contribution >= 0.6 is 0 Å². The van der Waals surface area contributed by atoms with E-state index < -0.39 is 0 Å². The van der Waals surface area contributed by atoms with Gasteiger partial charge in [-0.1, -0.05) is 12.1 Å². The predicted octanol–water partition coefficient (Wildman–Crippen LogP) is 1.46. The molecule has 1 unspecified atom stereocenters. The number of rotatable bonds is 2. The minimum Gasteiger partial charge on any atom is -0.328 e. The number of nitrogens with two attached hydrogens (primary N) is 1. The molecule has 0 saturated carbocycles. The highest BCUT2D eigenvalue weighted by molar-refractivity contribution is 5.82. The standard InChI is InChI=1S/C11H15N3/c1-8(12)6-9-4-3-5-11-10(9)7-13-14(11)2/h3-5,7-8H,6,12H2,1-2H3. The molecule has 0 aliphatic rings. The van der Waals surface area contributed by atoms with Crippen molar-refractivity contribution in [1.82, 2.24) is 9.78 Å². The lowest BCUT2D eigenvalue weighted by Crippen LogP contribution is -2.17. The van der Waals surface area contributed by atoms with Crippen LogP contribution in [0.5, 0.6) is 0 Å². The second-order valence-electron chi connectivity index (χ2n) is 3.80. The van der Waals surface area contributed by atoms with Gasteiger partial charge in [0.15, 0.2) is 0 Å². The molecule has 1 atom stereocenters. The van der Waals surface area contributed by atoms with Crippen LogP contribution < -0.4 is 5.73 Å². The average Bonchev–Trinajstić information content (AvgIpc) is 2.49. The van der Waals surface area contributed by atoms with Crippen LogP contribution in [-0.2, 0) is 13.5 Å². The molecule has 0 aliphatic heterocycles. The Kier molecular flexibility index (Phi) is 2.25. The van der Waals surface area contributed by atoms with E-state index in [1.54, 1.807) is 0 Å². The maximum absolute atomic E-state index is 5.80. The monoisotopic (exact) mass is 189 g/mol. The predicted molar refractivity (Wildman–Crippen MR) is 58.1 cm³/mol. The molecule has 0 amide bonds. The fourth-order valence-corrected chi connectivity index (χ4v) is 1.76. The Bertz CT molecular complexity index is 443.